The van der Waals surface area contributed by atoms with E-state index >= 15 is 0 Å². The zero-order valence-electron chi connectivity index (χ0n) is 42.8. The number of rotatable bonds is 11. The first kappa shape index (κ1) is 64.8. The first-order valence-electron chi connectivity index (χ1n) is 24.0. The maximum atomic E-state index is 11.4. The normalized spacial score (nSPS) is 49.7. The Balaban J connectivity index is 0.000000300. The highest BCUT2D eigenvalue weighted by Gasteiger charge is 2.52. The second kappa shape index (κ2) is 29.3. The van der Waals surface area contributed by atoms with Crippen LogP contribution in [-0.4, -0.2) is 297 Å². The highest BCUT2D eigenvalue weighted by atomic mass is 16.7. The summed E-state index contributed by atoms with van der Waals surface area (Å²) in [6.45, 7) is 12.7. The fraction of sp³-hybridized carbons (Fsp3) is 0.978. The second-order valence-electron chi connectivity index (χ2n) is 19.0. The predicted octanol–water partition coefficient (Wildman–Crippen LogP) is -5.89. The van der Waals surface area contributed by atoms with Crippen molar-refractivity contribution in [2.75, 3.05) is 41.7 Å². The topological polar surface area (TPSA) is 411 Å². The molecule has 0 aliphatic carbocycles. The molecular formula is C45H84O27. The lowest BCUT2D eigenvalue weighted by Gasteiger charge is -2.46. The van der Waals surface area contributed by atoms with E-state index < -0.39 is 171 Å². The minimum absolute atomic E-state index is 0.230. The number of carboxylic acids is 1. The molecule has 72 heavy (non-hydrogen) atoms. The number of hydrogen-bond donors (Lipinski definition) is 14. The van der Waals surface area contributed by atoms with Gasteiger partial charge in [0.15, 0.2) is 18.7 Å². The van der Waals surface area contributed by atoms with E-state index in [1.165, 1.54) is 35.4 Å². The Kier molecular flexibility index (Phi) is 26.3. The predicted molar refractivity (Wildman–Crippen MR) is 242 cm³/mol. The van der Waals surface area contributed by atoms with Crippen LogP contribution in [0.2, 0.25) is 0 Å². The average molecular weight is 1060 g/mol. The Hall–Kier alpha value is -1.53. The van der Waals surface area contributed by atoms with Gasteiger partial charge in [0.25, 0.3) is 0 Å². The largest absolute Gasteiger partial charge is 0.479 e. The number of carbonyl (C=O) groups is 1. The first-order valence-corrected chi connectivity index (χ1v) is 24.0. The van der Waals surface area contributed by atoms with E-state index in [-0.39, 0.29) is 31.0 Å². The Labute approximate surface area is 418 Å². The molecule has 6 heterocycles. The van der Waals surface area contributed by atoms with Gasteiger partial charge in [-0.05, 0) is 48.5 Å². The van der Waals surface area contributed by atoms with Crippen LogP contribution in [-0.2, 0) is 61.6 Å². The summed E-state index contributed by atoms with van der Waals surface area (Å²) < 4.78 is 63.7. The number of hydrogen-bond acceptors (Lipinski definition) is 26. The SMILES string of the molecule is COC1C(O)[C@@H](C)OC(C)[C@@H]1O.COC1C(O)[C@@H](C)OC(C)[C@@H]1O.CO[C@@H]1C(CO)O[C@H](C)[C@@H](O)C1O.CO[C@@H]1C(O[C@H]2OC(CO[C@H]3OC(C(=O)O)[C@@H](C)C(O)[C@@H]3O)[C@@H](O)C(O)[C@@H]2O)[C@@H](C)OC(C)[C@@H]1O. The molecule has 6 aliphatic rings. The smallest absolute Gasteiger partial charge is 0.333 e. The molecule has 27 heteroatoms. The second-order valence-corrected chi connectivity index (χ2v) is 19.0. The van der Waals surface area contributed by atoms with Crippen LogP contribution in [0.4, 0.5) is 0 Å². The van der Waals surface area contributed by atoms with Gasteiger partial charge in [-0.3, -0.25) is 0 Å². The molecule has 0 bridgehead atoms. The van der Waals surface area contributed by atoms with Crippen molar-refractivity contribution in [1.82, 2.24) is 0 Å². The molecule has 27 nitrogen and oxygen atoms in total. The van der Waals surface area contributed by atoms with Crippen LogP contribution in [0.25, 0.3) is 0 Å². The summed E-state index contributed by atoms with van der Waals surface area (Å²) in [5.41, 5.74) is 0. The summed E-state index contributed by atoms with van der Waals surface area (Å²) in [5.74, 6) is -2.27. The van der Waals surface area contributed by atoms with Crippen molar-refractivity contribution in [3.05, 3.63) is 0 Å². The third-order valence-corrected chi connectivity index (χ3v) is 13.9. The molecule has 6 fully saturated rings. The molecule has 14 unspecified atom stereocenters. The quantitative estimate of drug-likeness (QED) is 0.0916. The summed E-state index contributed by atoms with van der Waals surface area (Å²) in [6, 6.07) is 0. The highest BCUT2D eigenvalue weighted by Crippen LogP contribution is 2.32. The van der Waals surface area contributed by atoms with Crippen molar-refractivity contribution in [2.45, 2.75) is 233 Å². The zero-order chi connectivity index (χ0) is 54.8. The van der Waals surface area contributed by atoms with Crippen molar-refractivity contribution >= 4 is 5.97 Å². The molecule has 0 aromatic carbocycles. The van der Waals surface area contributed by atoms with Gasteiger partial charge in [-0.15, -0.1) is 0 Å². The maximum absolute atomic E-state index is 11.4. The molecule has 0 spiro atoms. The number of aliphatic hydroxyl groups excluding tert-OH is 13. The van der Waals surface area contributed by atoms with E-state index in [1.54, 1.807) is 48.5 Å². The minimum Gasteiger partial charge on any atom is -0.479 e. The lowest BCUT2D eigenvalue weighted by Crippen LogP contribution is -2.64. The summed E-state index contributed by atoms with van der Waals surface area (Å²) in [7, 11) is 5.73. The number of ether oxygens (including phenoxy) is 12. The third-order valence-electron chi connectivity index (χ3n) is 13.9. The monoisotopic (exact) mass is 1060 g/mol. The van der Waals surface area contributed by atoms with E-state index in [0.717, 1.165) is 0 Å². The van der Waals surface area contributed by atoms with Gasteiger partial charge in [0.05, 0.1) is 62.0 Å². The van der Waals surface area contributed by atoms with Crippen LogP contribution in [0, 0.1) is 5.92 Å². The molecule has 6 saturated heterocycles. The first-order chi connectivity index (χ1) is 33.6. The third kappa shape index (κ3) is 15.6. The summed E-state index contributed by atoms with van der Waals surface area (Å²) >= 11 is 0. The molecule has 0 aromatic heterocycles. The van der Waals surface area contributed by atoms with Gasteiger partial charge in [-0.25, -0.2) is 4.79 Å². The van der Waals surface area contributed by atoms with Gasteiger partial charge >= 0.3 is 5.97 Å². The van der Waals surface area contributed by atoms with E-state index in [1.807, 2.05) is 0 Å². The molecule has 6 rings (SSSR count). The van der Waals surface area contributed by atoms with Crippen LogP contribution in [0.1, 0.15) is 55.4 Å². The summed E-state index contributed by atoms with van der Waals surface area (Å²) in [6.07, 6.45) is -26.8. The number of methoxy groups -OCH3 is 4. The Bertz CT molecular complexity index is 1490. The van der Waals surface area contributed by atoms with Crippen LogP contribution in [0.3, 0.4) is 0 Å². The van der Waals surface area contributed by atoms with Gasteiger partial charge in [0.2, 0.25) is 0 Å². The van der Waals surface area contributed by atoms with Gasteiger partial charge in [0.1, 0.15) is 110 Å². The standard InChI is InChI=1S/C21H36O14.C8H16O5.2C8H16O4/c1-6-10(22)14(26)20(34-16(6)19(28)29)31-5-9-12(24)13(25)15(27)21(33-9)35-17-8(3)32-7(2)11(23)18(17)30-4;1-4-6(10)7(11)8(12-2)5(3-9)13-4;2*1-4-6(9)8(11-3)7(10)5(2)12-4/h6-18,20-27H,5H2,1-4H3,(H,28,29);4-11H,3H2,1-2H3;2*4-10H,1-3H3/t6-,7?,8+,9?,10?,11-,12+,13?,14-,15-,16?,17?,18-,20-,21+;4-,5?,6-,7?,8-;2*4-,5?,6?,7+,8?/m0111/s1. The minimum atomic E-state index is -1.72. The average Bonchev–Trinajstić information content (AvgIpc) is 3.34. The van der Waals surface area contributed by atoms with Gasteiger partial charge < -0.3 is 128 Å². The Morgan fingerprint density at radius 3 is 1.21 bits per heavy atom. The molecule has 0 aromatic rings. The zero-order valence-corrected chi connectivity index (χ0v) is 42.8. The van der Waals surface area contributed by atoms with Crippen molar-refractivity contribution in [3.8, 4) is 0 Å². The molecule has 0 amide bonds. The van der Waals surface area contributed by atoms with E-state index in [0.29, 0.717) is 0 Å². The Morgan fingerprint density at radius 2 is 0.792 bits per heavy atom. The number of aliphatic hydroxyl groups is 13. The van der Waals surface area contributed by atoms with Crippen LogP contribution >= 0.6 is 0 Å². The van der Waals surface area contributed by atoms with Crippen molar-refractivity contribution in [2.24, 2.45) is 5.92 Å². The molecule has 14 N–H and O–H groups in total. The molecule has 6 aliphatic heterocycles. The van der Waals surface area contributed by atoms with Crippen LogP contribution in [0.15, 0.2) is 0 Å². The lowest BCUT2D eigenvalue weighted by molar-refractivity contribution is -0.349. The van der Waals surface area contributed by atoms with Gasteiger partial charge in [-0.2, -0.15) is 0 Å². The maximum Gasteiger partial charge on any atom is 0.333 e. The Morgan fingerprint density at radius 1 is 0.389 bits per heavy atom. The van der Waals surface area contributed by atoms with Crippen LogP contribution in [0.5, 0.6) is 0 Å². The molecule has 0 saturated carbocycles. The number of carboxylic acid groups (broad SMARTS) is 1. The van der Waals surface area contributed by atoms with E-state index in [9.17, 15) is 71.2 Å². The summed E-state index contributed by atoms with van der Waals surface area (Å²) in [4.78, 5) is 11.4. The number of aliphatic carboxylic acids is 1. The van der Waals surface area contributed by atoms with Gasteiger partial charge in [-0.1, -0.05) is 6.92 Å². The highest BCUT2D eigenvalue weighted by molar-refractivity contribution is 5.73. The molecule has 426 valence electrons. The fourth-order valence-corrected chi connectivity index (χ4v) is 9.21. The molecular weight excluding hydrogens is 972 g/mol. The van der Waals surface area contributed by atoms with Gasteiger partial charge in [0, 0.05) is 34.4 Å². The summed E-state index contributed by atoms with van der Waals surface area (Å²) in [5, 5.41) is 137. The molecule has 0 radical (unpaired) electrons. The lowest BCUT2D eigenvalue weighted by atomic mass is 9.91. The molecule has 30 atom stereocenters. The van der Waals surface area contributed by atoms with Crippen LogP contribution < -0.4 is 0 Å². The fourth-order valence-electron chi connectivity index (χ4n) is 9.21. The van der Waals surface area contributed by atoms with Crippen molar-refractivity contribution in [3.63, 3.8) is 0 Å². The van der Waals surface area contributed by atoms with Crippen molar-refractivity contribution in [1.29, 1.82) is 0 Å². The van der Waals surface area contributed by atoms with Crippen molar-refractivity contribution < 1.29 is 133 Å². The van der Waals surface area contributed by atoms with E-state index in [4.69, 9.17) is 61.9 Å². The van der Waals surface area contributed by atoms with E-state index in [2.05, 4.69) is 0 Å².